The lowest BCUT2D eigenvalue weighted by Gasteiger charge is -2.21. The number of hydrogen-bond donors (Lipinski definition) is 2. The molecule has 1 saturated heterocycles. The van der Waals surface area contributed by atoms with E-state index in [1.165, 1.54) is 5.56 Å². The van der Waals surface area contributed by atoms with Crippen LogP contribution in [0, 0.1) is 19.8 Å². The first kappa shape index (κ1) is 25.6. The predicted molar refractivity (Wildman–Crippen MR) is 136 cm³/mol. The third-order valence-electron chi connectivity index (χ3n) is 5.55. The summed E-state index contributed by atoms with van der Waals surface area (Å²) < 4.78 is 13.2. The molecule has 0 aliphatic carbocycles. The number of halogens is 1. The molecule has 0 spiro atoms. The average molecular weight is 541 g/mol. The zero-order chi connectivity index (χ0) is 21.2. The van der Waals surface area contributed by atoms with Gasteiger partial charge in [-0.05, 0) is 51.2 Å². The van der Waals surface area contributed by atoms with Crippen LogP contribution in [-0.2, 0) is 16.0 Å². The smallest absolute Gasteiger partial charge is 0.191 e. The van der Waals surface area contributed by atoms with Gasteiger partial charge in [-0.15, -0.1) is 24.0 Å². The molecule has 0 unspecified atom stereocenters. The van der Waals surface area contributed by atoms with E-state index in [4.69, 9.17) is 14.6 Å². The Hall–Kier alpha value is -1.65. The molecular formula is C23H36IN5O2. The number of hydrogen-bond acceptors (Lipinski definition) is 4. The van der Waals surface area contributed by atoms with Crippen LogP contribution in [0.5, 0.6) is 0 Å². The van der Waals surface area contributed by atoms with Crippen molar-refractivity contribution in [3.8, 4) is 5.69 Å². The second kappa shape index (κ2) is 13.7. The molecule has 1 aliphatic heterocycles. The van der Waals surface area contributed by atoms with Crippen molar-refractivity contribution in [1.29, 1.82) is 0 Å². The van der Waals surface area contributed by atoms with Crippen LogP contribution in [0.4, 0.5) is 0 Å². The molecule has 1 aromatic heterocycles. The highest BCUT2D eigenvalue weighted by Crippen LogP contribution is 2.17. The SMILES string of the molecule is CN=C(NCCCOCC1CCOCC1)NCc1c(C)nn(-c2ccccc2)c1C.I. The molecule has 7 nitrogen and oxygen atoms in total. The average Bonchev–Trinajstić information content (AvgIpc) is 3.07. The summed E-state index contributed by atoms with van der Waals surface area (Å²) in [5.41, 5.74) is 4.44. The number of aliphatic imine (C=N–C) groups is 1. The topological polar surface area (TPSA) is 72.7 Å². The number of ether oxygens (including phenoxy) is 2. The van der Waals surface area contributed by atoms with Crippen LogP contribution in [0.25, 0.3) is 5.69 Å². The zero-order valence-corrected chi connectivity index (χ0v) is 21.2. The van der Waals surface area contributed by atoms with Crippen molar-refractivity contribution in [1.82, 2.24) is 20.4 Å². The number of para-hydroxylation sites is 1. The Kier molecular flexibility index (Phi) is 11.3. The van der Waals surface area contributed by atoms with Crippen LogP contribution < -0.4 is 10.6 Å². The van der Waals surface area contributed by atoms with E-state index in [2.05, 4.69) is 41.6 Å². The number of benzene rings is 1. The summed E-state index contributed by atoms with van der Waals surface area (Å²) in [4.78, 5) is 4.33. The Morgan fingerprint density at radius 2 is 1.94 bits per heavy atom. The third kappa shape index (κ3) is 7.76. The van der Waals surface area contributed by atoms with Crippen LogP contribution in [0.3, 0.4) is 0 Å². The molecule has 0 saturated carbocycles. The minimum atomic E-state index is 0. The molecule has 0 bridgehead atoms. The Balaban J connectivity index is 0.00000341. The maximum atomic E-state index is 5.83. The highest BCUT2D eigenvalue weighted by atomic mass is 127. The van der Waals surface area contributed by atoms with Gasteiger partial charge in [0.1, 0.15) is 0 Å². The number of guanidine groups is 1. The van der Waals surface area contributed by atoms with E-state index < -0.39 is 0 Å². The third-order valence-corrected chi connectivity index (χ3v) is 5.55. The van der Waals surface area contributed by atoms with Gasteiger partial charge < -0.3 is 20.1 Å². The molecule has 0 atom stereocenters. The monoisotopic (exact) mass is 541 g/mol. The van der Waals surface area contributed by atoms with Crippen LogP contribution in [-0.4, -0.2) is 55.8 Å². The first-order valence-corrected chi connectivity index (χ1v) is 10.9. The lowest BCUT2D eigenvalue weighted by molar-refractivity contribution is 0.0203. The molecule has 1 aromatic carbocycles. The molecule has 1 aliphatic rings. The second-order valence-electron chi connectivity index (χ2n) is 7.73. The minimum absolute atomic E-state index is 0. The van der Waals surface area contributed by atoms with E-state index in [9.17, 15) is 0 Å². The van der Waals surface area contributed by atoms with Crippen molar-refractivity contribution in [2.75, 3.05) is 40.0 Å². The number of nitrogens with one attached hydrogen (secondary N) is 2. The first-order chi connectivity index (χ1) is 14.7. The van der Waals surface area contributed by atoms with Gasteiger partial charge >= 0.3 is 0 Å². The molecule has 2 aromatic rings. The van der Waals surface area contributed by atoms with Gasteiger partial charge in [0.05, 0.1) is 11.4 Å². The zero-order valence-electron chi connectivity index (χ0n) is 18.9. The second-order valence-corrected chi connectivity index (χ2v) is 7.73. The highest BCUT2D eigenvalue weighted by molar-refractivity contribution is 14.0. The maximum Gasteiger partial charge on any atom is 0.191 e. The maximum absolute atomic E-state index is 5.83. The predicted octanol–water partition coefficient (Wildman–Crippen LogP) is 3.61. The molecule has 2 heterocycles. The molecule has 1 fully saturated rings. The normalized spacial score (nSPS) is 14.9. The molecule has 0 radical (unpaired) electrons. The fourth-order valence-electron chi connectivity index (χ4n) is 3.69. The minimum Gasteiger partial charge on any atom is -0.381 e. The van der Waals surface area contributed by atoms with Gasteiger partial charge in [0.2, 0.25) is 0 Å². The summed E-state index contributed by atoms with van der Waals surface area (Å²) in [6, 6.07) is 10.2. The lowest BCUT2D eigenvalue weighted by atomic mass is 10.0. The number of aromatic nitrogens is 2. The van der Waals surface area contributed by atoms with Crippen molar-refractivity contribution in [2.45, 2.75) is 39.7 Å². The number of nitrogens with zero attached hydrogens (tertiary/aromatic N) is 3. The van der Waals surface area contributed by atoms with E-state index >= 15 is 0 Å². The van der Waals surface area contributed by atoms with Gasteiger partial charge in [-0.1, -0.05) is 18.2 Å². The summed E-state index contributed by atoms with van der Waals surface area (Å²) in [6.07, 6.45) is 3.19. The van der Waals surface area contributed by atoms with Gasteiger partial charge in [-0.25, -0.2) is 4.68 Å². The fraction of sp³-hybridized carbons (Fsp3) is 0.565. The van der Waals surface area contributed by atoms with Crippen LogP contribution in [0.15, 0.2) is 35.3 Å². The lowest BCUT2D eigenvalue weighted by Crippen LogP contribution is -2.37. The highest BCUT2D eigenvalue weighted by Gasteiger charge is 2.14. The van der Waals surface area contributed by atoms with Crippen molar-refractivity contribution in [3.63, 3.8) is 0 Å². The van der Waals surface area contributed by atoms with Gasteiger partial charge in [-0.2, -0.15) is 5.10 Å². The van der Waals surface area contributed by atoms with Gasteiger partial charge in [-0.3, -0.25) is 4.99 Å². The Labute approximate surface area is 203 Å². The van der Waals surface area contributed by atoms with Crippen LogP contribution >= 0.6 is 24.0 Å². The van der Waals surface area contributed by atoms with Crippen molar-refractivity contribution in [3.05, 3.63) is 47.3 Å². The van der Waals surface area contributed by atoms with Crippen molar-refractivity contribution >= 4 is 29.9 Å². The first-order valence-electron chi connectivity index (χ1n) is 10.9. The molecule has 2 N–H and O–H groups in total. The summed E-state index contributed by atoms with van der Waals surface area (Å²) in [5.74, 6) is 1.45. The van der Waals surface area contributed by atoms with E-state index in [1.54, 1.807) is 7.05 Å². The van der Waals surface area contributed by atoms with E-state index in [0.29, 0.717) is 12.5 Å². The largest absolute Gasteiger partial charge is 0.381 e. The fourth-order valence-corrected chi connectivity index (χ4v) is 3.69. The summed E-state index contributed by atoms with van der Waals surface area (Å²) in [5, 5.41) is 11.5. The summed E-state index contributed by atoms with van der Waals surface area (Å²) in [6.45, 7) is 9.04. The molecule has 3 rings (SSSR count). The molecule has 31 heavy (non-hydrogen) atoms. The van der Waals surface area contributed by atoms with E-state index in [1.807, 2.05) is 22.9 Å². The summed E-state index contributed by atoms with van der Waals surface area (Å²) >= 11 is 0. The molecular weight excluding hydrogens is 505 g/mol. The Morgan fingerprint density at radius 3 is 2.65 bits per heavy atom. The standard InChI is InChI=1S/C23H35N5O2.HI/c1-18-22(19(2)28(27-18)21-8-5-4-6-9-21)16-26-23(24-3)25-12-7-13-30-17-20-10-14-29-15-11-20;/h4-6,8-9,20H,7,10-17H2,1-3H3,(H2,24,25,26);1H. The molecule has 8 heteroatoms. The number of rotatable bonds is 9. The van der Waals surface area contributed by atoms with Crippen molar-refractivity contribution < 1.29 is 9.47 Å². The molecule has 0 amide bonds. The van der Waals surface area contributed by atoms with E-state index in [-0.39, 0.29) is 24.0 Å². The van der Waals surface area contributed by atoms with Crippen molar-refractivity contribution in [2.24, 2.45) is 10.9 Å². The van der Waals surface area contributed by atoms with Crippen LogP contribution in [0.1, 0.15) is 36.2 Å². The Bertz CT molecular complexity index is 804. The summed E-state index contributed by atoms with van der Waals surface area (Å²) in [7, 11) is 1.80. The van der Waals surface area contributed by atoms with Gasteiger partial charge in [0.15, 0.2) is 5.96 Å². The van der Waals surface area contributed by atoms with Gasteiger partial charge in [0, 0.05) is 57.8 Å². The van der Waals surface area contributed by atoms with Gasteiger partial charge in [0.25, 0.3) is 0 Å². The van der Waals surface area contributed by atoms with E-state index in [0.717, 1.165) is 75.3 Å². The number of aryl methyl sites for hydroxylation is 1. The Morgan fingerprint density at radius 1 is 1.19 bits per heavy atom. The van der Waals surface area contributed by atoms with Crippen LogP contribution in [0.2, 0.25) is 0 Å². The quantitative estimate of drug-likeness (QED) is 0.220. The molecule has 172 valence electrons.